The van der Waals surface area contributed by atoms with Crippen LogP contribution in [0, 0.1) is 5.82 Å². The molecule has 0 spiro atoms. The predicted octanol–water partition coefficient (Wildman–Crippen LogP) is 5.98. The molecular weight excluding hydrogens is 555 g/mol. The van der Waals surface area contributed by atoms with Gasteiger partial charge < -0.3 is 10.3 Å². The Morgan fingerprint density at radius 3 is 2.60 bits per heavy atom. The van der Waals surface area contributed by atoms with Crippen molar-refractivity contribution in [3.8, 4) is 33.6 Å². The average molecular weight is 583 g/mol. The molecule has 0 fully saturated rings. The Hall–Kier alpha value is -4.87. The summed E-state index contributed by atoms with van der Waals surface area (Å²) in [5.41, 5.74) is 7.53. The van der Waals surface area contributed by atoms with Crippen LogP contribution in [-0.2, 0) is 21.4 Å². The number of sulfonamides is 1. The lowest BCUT2D eigenvalue weighted by Crippen LogP contribution is -2.21. The summed E-state index contributed by atoms with van der Waals surface area (Å²) in [6.45, 7) is 1.78. The maximum Gasteiger partial charge on any atom is 0.224 e. The molecule has 6 aromatic rings. The summed E-state index contributed by atoms with van der Waals surface area (Å²) >= 11 is 0. The molecule has 0 radical (unpaired) electrons. The third kappa shape index (κ3) is 5.65. The van der Waals surface area contributed by atoms with Crippen molar-refractivity contribution in [2.24, 2.45) is 0 Å². The Morgan fingerprint density at radius 2 is 1.79 bits per heavy atom. The van der Waals surface area contributed by atoms with Gasteiger partial charge in [-0.25, -0.2) is 17.5 Å². The Labute approximate surface area is 241 Å². The molecule has 6 rings (SSSR count). The lowest BCUT2D eigenvalue weighted by molar-refractivity contribution is -0.115. The van der Waals surface area contributed by atoms with Crippen LogP contribution < -0.4 is 10.0 Å². The van der Waals surface area contributed by atoms with Crippen LogP contribution >= 0.6 is 0 Å². The molecule has 0 aliphatic rings. The first-order valence-corrected chi connectivity index (χ1v) is 15.2. The van der Waals surface area contributed by atoms with Gasteiger partial charge in [0.25, 0.3) is 0 Å². The van der Waals surface area contributed by atoms with Crippen LogP contribution in [0.3, 0.4) is 0 Å². The van der Waals surface area contributed by atoms with E-state index in [4.69, 9.17) is 0 Å². The van der Waals surface area contributed by atoms with Gasteiger partial charge in [0.1, 0.15) is 11.5 Å². The highest BCUT2D eigenvalue weighted by molar-refractivity contribution is 7.88. The molecule has 3 aromatic carbocycles. The number of halogens is 1. The van der Waals surface area contributed by atoms with Gasteiger partial charge in [-0.3, -0.25) is 14.9 Å². The molecule has 11 heteroatoms. The number of benzene rings is 3. The van der Waals surface area contributed by atoms with E-state index in [1.165, 1.54) is 12.1 Å². The molecule has 0 saturated heterocycles. The Bertz CT molecular complexity index is 2080. The highest BCUT2D eigenvalue weighted by atomic mass is 32.2. The summed E-state index contributed by atoms with van der Waals surface area (Å²) in [6, 6.07) is 20.1. The van der Waals surface area contributed by atoms with E-state index in [1.54, 1.807) is 25.4 Å². The Morgan fingerprint density at radius 1 is 0.929 bits per heavy atom. The fourth-order valence-electron chi connectivity index (χ4n) is 4.97. The first kappa shape index (κ1) is 27.3. The maximum absolute atomic E-state index is 14.6. The van der Waals surface area contributed by atoms with E-state index < -0.39 is 15.8 Å². The van der Waals surface area contributed by atoms with Crippen molar-refractivity contribution in [2.45, 2.75) is 19.9 Å². The minimum absolute atomic E-state index is 0.0110. The van der Waals surface area contributed by atoms with E-state index in [0.29, 0.717) is 23.2 Å². The van der Waals surface area contributed by atoms with Crippen molar-refractivity contribution in [1.82, 2.24) is 24.9 Å². The number of nitrogens with zero attached hydrogens (tertiary/aromatic N) is 2. The quantitative estimate of drug-likeness (QED) is 0.175. The van der Waals surface area contributed by atoms with E-state index in [0.717, 1.165) is 56.1 Å². The molecule has 1 amide bonds. The van der Waals surface area contributed by atoms with Crippen molar-refractivity contribution in [3.63, 3.8) is 0 Å². The molecule has 0 atom stereocenters. The molecule has 3 aromatic heterocycles. The number of H-pyrrole nitrogens is 2. The van der Waals surface area contributed by atoms with Crippen molar-refractivity contribution in [3.05, 3.63) is 90.5 Å². The lowest BCUT2D eigenvalue weighted by Gasteiger charge is -2.08. The number of fused-ring (bicyclic) bond motifs is 2. The number of pyridine rings is 1. The summed E-state index contributed by atoms with van der Waals surface area (Å²) in [5, 5.41) is 12.3. The van der Waals surface area contributed by atoms with Crippen molar-refractivity contribution < 1.29 is 17.6 Å². The van der Waals surface area contributed by atoms with E-state index >= 15 is 0 Å². The number of carbonyl (C=O) groups is 1. The van der Waals surface area contributed by atoms with Crippen LogP contribution in [0.25, 0.3) is 55.4 Å². The second-order valence-corrected chi connectivity index (χ2v) is 11.9. The van der Waals surface area contributed by atoms with Gasteiger partial charge in [0.05, 0.1) is 29.4 Å². The summed E-state index contributed by atoms with van der Waals surface area (Å²) in [7, 11) is -3.42. The third-order valence-electron chi connectivity index (χ3n) is 6.97. The standard InChI is InChI=1S/C31H27FN6O3S/c1-3-30(39)35-23-12-21(16-33-17-23)19-7-8-28-26(13-19)31(38-37-28)29-14-25-24(5-4-6-27(25)36-29)20-9-18(10-22(32)11-20)15-34-42(2,40)41/h4-14,16-17,34,36H,3,15H2,1-2H3,(H,35,39)(H,37,38). The molecular formula is C31H27FN6O3S. The third-order valence-corrected chi connectivity index (χ3v) is 7.63. The van der Waals surface area contributed by atoms with Crippen LogP contribution in [0.5, 0.6) is 0 Å². The molecule has 3 heterocycles. The summed E-state index contributed by atoms with van der Waals surface area (Å²) in [4.78, 5) is 19.6. The average Bonchev–Trinajstić information content (AvgIpc) is 3.59. The number of rotatable bonds is 8. The fraction of sp³-hybridized carbons (Fsp3) is 0.129. The molecule has 0 unspecified atom stereocenters. The van der Waals surface area contributed by atoms with Gasteiger partial charge in [-0.15, -0.1) is 0 Å². The summed E-state index contributed by atoms with van der Waals surface area (Å²) in [5.74, 6) is -0.538. The Kier molecular flexibility index (Phi) is 7.05. The number of nitrogens with one attached hydrogen (secondary N) is 4. The molecule has 0 aliphatic carbocycles. The molecule has 0 bridgehead atoms. The van der Waals surface area contributed by atoms with E-state index in [9.17, 15) is 17.6 Å². The fourth-order valence-corrected chi connectivity index (χ4v) is 5.40. The first-order valence-electron chi connectivity index (χ1n) is 13.3. The van der Waals surface area contributed by atoms with Gasteiger partial charge >= 0.3 is 0 Å². The van der Waals surface area contributed by atoms with Crippen molar-refractivity contribution >= 4 is 43.4 Å². The van der Waals surface area contributed by atoms with Crippen LogP contribution in [0.4, 0.5) is 10.1 Å². The maximum atomic E-state index is 14.6. The van der Waals surface area contributed by atoms with Crippen LogP contribution in [0.1, 0.15) is 18.9 Å². The molecule has 9 nitrogen and oxygen atoms in total. The number of aromatic nitrogens is 4. The summed E-state index contributed by atoms with van der Waals surface area (Å²) in [6.07, 6.45) is 4.81. The number of anilines is 1. The zero-order valence-corrected chi connectivity index (χ0v) is 23.6. The number of carbonyl (C=O) groups excluding carboxylic acids is 1. The molecule has 42 heavy (non-hydrogen) atoms. The van der Waals surface area contributed by atoms with E-state index in [2.05, 4.69) is 30.2 Å². The van der Waals surface area contributed by atoms with Crippen LogP contribution in [0.15, 0.2) is 79.1 Å². The first-order chi connectivity index (χ1) is 20.2. The van der Waals surface area contributed by atoms with Gasteiger partial charge in [-0.1, -0.05) is 25.1 Å². The van der Waals surface area contributed by atoms with Gasteiger partial charge in [-0.05, 0) is 70.8 Å². The minimum atomic E-state index is -3.42. The molecule has 0 aliphatic heterocycles. The highest BCUT2D eigenvalue weighted by Crippen LogP contribution is 2.36. The Balaban J connectivity index is 1.39. The number of amides is 1. The molecule has 0 saturated carbocycles. The van der Waals surface area contributed by atoms with E-state index in [1.807, 2.05) is 48.5 Å². The van der Waals surface area contributed by atoms with Gasteiger partial charge in [0, 0.05) is 41.0 Å². The second-order valence-electron chi connectivity index (χ2n) is 10.1. The molecule has 212 valence electrons. The topological polar surface area (TPSA) is 133 Å². The zero-order chi connectivity index (χ0) is 29.4. The highest BCUT2D eigenvalue weighted by Gasteiger charge is 2.16. The summed E-state index contributed by atoms with van der Waals surface area (Å²) < 4.78 is 40.1. The number of aromatic amines is 2. The largest absolute Gasteiger partial charge is 0.353 e. The van der Waals surface area contributed by atoms with E-state index in [-0.39, 0.29) is 12.5 Å². The SMILES string of the molecule is CCC(=O)Nc1cncc(-c2ccc3[nH]nc(-c4cc5c(-c6cc(F)cc(CNS(C)(=O)=O)c6)cccc5[nH]4)c3c2)c1. The smallest absolute Gasteiger partial charge is 0.224 e. The number of hydrogen-bond donors (Lipinski definition) is 4. The zero-order valence-electron chi connectivity index (χ0n) is 22.8. The normalized spacial score (nSPS) is 11.8. The molecule has 4 N–H and O–H groups in total. The van der Waals surface area contributed by atoms with Crippen molar-refractivity contribution in [2.75, 3.05) is 11.6 Å². The second kappa shape index (κ2) is 10.8. The van der Waals surface area contributed by atoms with Crippen LogP contribution in [0.2, 0.25) is 0 Å². The van der Waals surface area contributed by atoms with Gasteiger partial charge in [-0.2, -0.15) is 5.10 Å². The van der Waals surface area contributed by atoms with Crippen LogP contribution in [-0.4, -0.2) is 40.7 Å². The van der Waals surface area contributed by atoms with Crippen molar-refractivity contribution in [1.29, 1.82) is 0 Å². The van der Waals surface area contributed by atoms with Gasteiger partial charge in [0.2, 0.25) is 15.9 Å². The number of hydrogen-bond acceptors (Lipinski definition) is 5. The van der Waals surface area contributed by atoms with Gasteiger partial charge in [0.15, 0.2) is 0 Å². The monoisotopic (exact) mass is 582 g/mol. The minimum Gasteiger partial charge on any atom is -0.353 e. The predicted molar refractivity (Wildman–Crippen MR) is 163 cm³/mol. The lowest BCUT2D eigenvalue weighted by atomic mass is 9.99.